The van der Waals surface area contributed by atoms with E-state index in [1.807, 2.05) is 0 Å². The number of primary amides is 1. The van der Waals surface area contributed by atoms with Gasteiger partial charge in [0.25, 0.3) is 0 Å². The number of aliphatic hydroxyl groups excluding tert-OH is 4. The molecule has 16 nitrogen and oxygen atoms in total. The topological polar surface area (TPSA) is 248 Å². The Labute approximate surface area is 193 Å². The summed E-state index contributed by atoms with van der Waals surface area (Å²) in [4.78, 5) is 32.0. The normalized spacial score (nSPS) is 37.3. The summed E-state index contributed by atoms with van der Waals surface area (Å²) in [7, 11) is -10.4. The Kier molecular flexibility index (Phi) is 8.69. The molecule has 3 rings (SSSR count). The molecule has 0 aliphatic carbocycles. The van der Waals surface area contributed by atoms with Crippen LogP contribution in [0.1, 0.15) is 6.42 Å². The molecule has 0 saturated carbocycles. The minimum absolute atomic E-state index is 0.212. The van der Waals surface area contributed by atoms with Gasteiger partial charge in [-0.25, -0.2) is 9.13 Å². The largest absolute Gasteiger partial charge is 0.481 e. The third-order valence-corrected chi connectivity index (χ3v) is 7.74. The summed E-state index contributed by atoms with van der Waals surface area (Å²) in [6, 6.07) is 0. The first-order valence-electron chi connectivity index (χ1n) is 9.89. The van der Waals surface area contributed by atoms with E-state index in [4.69, 9.17) is 15.2 Å². The number of phosphoric acid groups is 2. The number of amides is 1. The predicted octanol–water partition coefficient (Wildman–Crippen LogP) is -2.61. The van der Waals surface area contributed by atoms with Gasteiger partial charge in [0.1, 0.15) is 36.6 Å². The first kappa shape index (κ1) is 27.4. The maximum absolute atomic E-state index is 12.1. The Morgan fingerprint density at radius 2 is 1.68 bits per heavy atom. The van der Waals surface area contributed by atoms with Gasteiger partial charge in [0.2, 0.25) is 5.91 Å². The van der Waals surface area contributed by atoms with Crippen LogP contribution >= 0.6 is 15.6 Å². The van der Waals surface area contributed by atoms with E-state index >= 15 is 0 Å². The molecule has 0 aromatic carbocycles. The second kappa shape index (κ2) is 10.8. The Morgan fingerprint density at radius 3 is 2.24 bits per heavy atom. The van der Waals surface area contributed by atoms with Crippen molar-refractivity contribution in [1.82, 2.24) is 4.90 Å². The number of ether oxygens (including phenoxy) is 2. The molecule has 0 aromatic rings. The van der Waals surface area contributed by atoms with Crippen molar-refractivity contribution in [2.45, 2.75) is 49.3 Å². The van der Waals surface area contributed by atoms with Crippen LogP contribution in [0.2, 0.25) is 0 Å². The standard InChI is InChI=1S/C16H26N2O14P2/c17-15(23)8-2-1-3-18(4-8)16-14(22)13(21)11(31-16)7-30-34(26,27)32-33(24,25)29-6-10-12(20)9(19)5-28-10/h1,3-4,9-14,16,19-22H,2,5-7H2,(H2,17,23)(H,24,25)(H,26,27)/t9-,10+,11+,12-,13+,14+,16+/m0/s1. The molecule has 2 saturated heterocycles. The van der Waals surface area contributed by atoms with E-state index in [-0.39, 0.29) is 18.6 Å². The van der Waals surface area contributed by atoms with Crippen LogP contribution in [0.5, 0.6) is 0 Å². The molecule has 0 bridgehead atoms. The number of hydrogen-bond acceptors (Lipinski definition) is 13. The summed E-state index contributed by atoms with van der Waals surface area (Å²) in [6.07, 6.45) is -4.89. The van der Waals surface area contributed by atoms with E-state index in [9.17, 15) is 44.1 Å². The zero-order valence-electron chi connectivity index (χ0n) is 17.5. The maximum Gasteiger partial charge on any atom is 0.481 e. The highest BCUT2D eigenvalue weighted by atomic mass is 31.3. The molecule has 34 heavy (non-hydrogen) atoms. The highest BCUT2D eigenvalue weighted by Gasteiger charge is 2.47. The van der Waals surface area contributed by atoms with Crippen molar-refractivity contribution in [2.24, 2.45) is 5.73 Å². The van der Waals surface area contributed by atoms with E-state index in [2.05, 4.69) is 13.4 Å². The Morgan fingerprint density at radius 1 is 1.06 bits per heavy atom. The van der Waals surface area contributed by atoms with Crippen molar-refractivity contribution in [1.29, 1.82) is 0 Å². The van der Waals surface area contributed by atoms with Crippen LogP contribution in [-0.4, -0.2) is 104 Å². The summed E-state index contributed by atoms with van der Waals surface area (Å²) in [6.45, 7) is -1.83. The average molecular weight is 532 g/mol. The number of carbonyl (C=O) groups is 1. The number of phosphoric ester groups is 2. The molecule has 9 atom stereocenters. The minimum Gasteiger partial charge on any atom is -0.388 e. The van der Waals surface area contributed by atoms with Crippen molar-refractivity contribution >= 4 is 21.6 Å². The monoisotopic (exact) mass is 532 g/mol. The lowest BCUT2D eigenvalue weighted by molar-refractivity contribution is -0.115. The lowest BCUT2D eigenvalue weighted by atomic mass is 10.1. The third-order valence-electron chi connectivity index (χ3n) is 5.13. The lowest BCUT2D eigenvalue weighted by Gasteiger charge is -2.28. The van der Waals surface area contributed by atoms with E-state index in [1.54, 1.807) is 6.08 Å². The quantitative estimate of drug-likeness (QED) is 0.142. The SMILES string of the molecule is NC(=O)C1=CN([C@@H]2O[C@H](COP(=O)(O)OP(=O)(O)OC[C@H]3OC[C@H](O)[C@@H]3O)[C@@H](O)[C@H]2O)C=CC1. The summed E-state index contributed by atoms with van der Waals surface area (Å²) < 4.78 is 47.7. The zero-order valence-corrected chi connectivity index (χ0v) is 19.3. The minimum atomic E-state index is -5.24. The van der Waals surface area contributed by atoms with Gasteiger partial charge in [-0.15, -0.1) is 0 Å². The number of allylic oxidation sites excluding steroid dienone is 1. The van der Waals surface area contributed by atoms with Gasteiger partial charge < -0.3 is 50.3 Å². The number of aliphatic hydroxyl groups is 4. The zero-order chi connectivity index (χ0) is 25.3. The molecular weight excluding hydrogens is 506 g/mol. The average Bonchev–Trinajstić information content (AvgIpc) is 3.23. The third kappa shape index (κ3) is 6.71. The Hall–Kier alpha value is -1.23. The summed E-state index contributed by atoms with van der Waals surface area (Å²) in [5, 5.41) is 39.4. The highest BCUT2D eigenvalue weighted by Crippen LogP contribution is 2.60. The van der Waals surface area contributed by atoms with Crippen molar-refractivity contribution in [3.63, 3.8) is 0 Å². The Bertz CT molecular complexity index is 914. The molecule has 2 fully saturated rings. The summed E-state index contributed by atoms with van der Waals surface area (Å²) >= 11 is 0. The van der Waals surface area contributed by atoms with Crippen LogP contribution in [0.25, 0.3) is 0 Å². The number of hydrogen-bond donors (Lipinski definition) is 7. The first-order chi connectivity index (χ1) is 15.8. The second-order valence-electron chi connectivity index (χ2n) is 7.64. The molecule has 2 unspecified atom stereocenters. The molecule has 3 heterocycles. The van der Waals surface area contributed by atoms with Crippen LogP contribution in [0.15, 0.2) is 24.0 Å². The Balaban J connectivity index is 1.53. The van der Waals surface area contributed by atoms with E-state index in [1.165, 1.54) is 17.3 Å². The van der Waals surface area contributed by atoms with Gasteiger partial charge >= 0.3 is 15.6 Å². The first-order valence-corrected chi connectivity index (χ1v) is 12.9. The molecule has 0 spiro atoms. The van der Waals surface area contributed by atoms with Crippen LogP contribution in [0.4, 0.5) is 0 Å². The maximum atomic E-state index is 12.1. The van der Waals surface area contributed by atoms with Gasteiger partial charge in [0, 0.05) is 18.0 Å². The predicted molar refractivity (Wildman–Crippen MR) is 108 cm³/mol. The lowest BCUT2D eigenvalue weighted by Crippen LogP contribution is -2.40. The second-order valence-corrected chi connectivity index (χ2v) is 10.7. The fraction of sp³-hybridized carbons (Fsp3) is 0.688. The smallest absolute Gasteiger partial charge is 0.388 e. The van der Waals surface area contributed by atoms with Gasteiger partial charge in [-0.1, -0.05) is 6.08 Å². The van der Waals surface area contributed by atoms with Crippen LogP contribution in [0, 0.1) is 0 Å². The van der Waals surface area contributed by atoms with E-state index < -0.39 is 77.6 Å². The molecule has 8 N–H and O–H groups in total. The van der Waals surface area contributed by atoms with E-state index in [0.717, 1.165) is 0 Å². The fourth-order valence-corrected chi connectivity index (χ4v) is 5.43. The van der Waals surface area contributed by atoms with Crippen molar-refractivity contribution in [3.05, 3.63) is 24.0 Å². The molecule has 1 amide bonds. The summed E-state index contributed by atoms with van der Waals surface area (Å²) in [5.41, 5.74) is 5.45. The van der Waals surface area contributed by atoms with Gasteiger partial charge in [0.15, 0.2) is 6.23 Å². The van der Waals surface area contributed by atoms with E-state index in [0.29, 0.717) is 0 Å². The van der Waals surface area contributed by atoms with Gasteiger partial charge in [-0.3, -0.25) is 13.8 Å². The highest BCUT2D eigenvalue weighted by molar-refractivity contribution is 7.61. The van der Waals surface area contributed by atoms with Gasteiger partial charge in [-0.05, 0) is 6.42 Å². The molecule has 194 valence electrons. The molecule has 18 heteroatoms. The van der Waals surface area contributed by atoms with Crippen molar-refractivity contribution in [3.8, 4) is 0 Å². The number of nitrogens with two attached hydrogens (primary N) is 1. The molecule has 0 aromatic heterocycles. The number of rotatable bonds is 10. The number of carbonyl (C=O) groups excluding carboxylic acids is 1. The van der Waals surface area contributed by atoms with Gasteiger partial charge in [-0.2, -0.15) is 4.31 Å². The van der Waals surface area contributed by atoms with Gasteiger partial charge in [0.05, 0.1) is 19.8 Å². The molecule has 0 radical (unpaired) electrons. The van der Waals surface area contributed by atoms with Crippen molar-refractivity contribution < 1.29 is 67.0 Å². The number of nitrogens with zero attached hydrogens (tertiary/aromatic N) is 1. The van der Waals surface area contributed by atoms with Crippen LogP contribution < -0.4 is 5.73 Å². The van der Waals surface area contributed by atoms with Crippen molar-refractivity contribution in [2.75, 3.05) is 19.8 Å². The van der Waals surface area contributed by atoms with Crippen LogP contribution in [-0.2, 0) is 36.8 Å². The molecular formula is C16H26N2O14P2. The summed E-state index contributed by atoms with van der Waals surface area (Å²) in [5.74, 6) is -0.693. The molecule has 3 aliphatic rings. The molecule has 3 aliphatic heterocycles. The van der Waals surface area contributed by atoms with Crippen LogP contribution in [0.3, 0.4) is 0 Å². The fourth-order valence-electron chi connectivity index (χ4n) is 3.34.